The van der Waals surface area contributed by atoms with E-state index in [1.54, 1.807) is 18.2 Å². The number of carbonyl (C=O) groups is 2. The molecular weight excluding hydrogens is 388 g/mol. The molecule has 3 aromatic rings. The summed E-state index contributed by atoms with van der Waals surface area (Å²) < 4.78 is 20.9. The summed E-state index contributed by atoms with van der Waals surface area (Å²) in [7, 11) is 4.45. The van der Waals surface area contributed by atoms with Crippen LogP contribution in [0.15, 0.2) is 30.3 Å². The molecule has 1 heterocycles. The Labute approximate surface area is 174 Å². The van der Waals surface area contributed by atoms with E-state index in [1.165, 1.54) is 21.3 Å². The Balaban J connectivity index is 1.67. The maximum Gasteiger partial charge on any atom is 0.355 e. The van der Waals surface area contributed by atoms with Crippen LogP contribution in [0.1, 0.15) is 21.6 Å². The Bertz CT molecular complexity index is 1080. The minimum absolute atomic E-state index is 0.291. The van der Waals surface area contributed by atoms with Gasteiger partial charge in [-0.05, 0) is 37.1 Å². The van der Waals surface area contributed by atoms with Gasteiger partial charge in [0, 0.05) is 28.7 Å². The van der Waals surface area contributed by atoms with Gasteiger partial charge in [-0.2, -0.15) is 0 Å². The number of rotatable bonds is 7. The number of H-pyrrole nitrogens is 1. The molecule has 0 fully saturated rings. The van der Waals surface area contributed by atoms with Gasteiger partial charge < -0.3 is 29.2 Å². The van der Waals surface area contributed by atoms with E-state index in [9.17, 15) is 9.59 Å². The molecule has 8 heteroatoms. The van der Waals surface area contributed by atoms with Crippen molar-refractivity contribution in [1.29, 1.82) is 0 Å². The summed E-state index contributed by atoms with van der Waals surface area (Å²) in [6, 6.07) is 8.89. The van der Waals surface area contributed by atoms with Crippen molar-refractivity contribution in [3.8, 4) is 17.2 Å². The van der Waals surface area contributed by atoms with Crippen LogP contribution >= 0.6 is 0 Å². The lowest BCUT2D eigenvalue weighted by Crippen LogP contribution is -2.21. The number of benzene rings is 2. The molecule has 158 valence electrons. The highest BCUT2D eigenvalue weighted by atomic mass is 16.5. The number of esters is 1. The molecule has 3 rings (SSSR count). The Morgan fingerprint density at radius 3 is 2.20 bits per heavy atom. The van der Waals surface area contributed by atoms with Crippen molar-refractivity contribution in [2.75, 3.05) is 33.3 Å². The van der Waals surface area contributed by atoms with Gasteiger partial charge in [-0.3, -0.25) is 4.79 Å². The molecule has 0 atom stereocenters. The molecule has 2 aromatic carbocycles. The van der Waals surface area contributed by atoms with Crippen LogP contribution in [0.4, 0.5) is 5.69 Å². The van der Waals surface area contributed by atoms with Gasteiger partial charge in [-0.1, -0.05) is 6.07 Å². The van der Waals surface area contributed by atoms with Crippen LogP contribution in [0.3, 0.4) is 0 Å². The molecule has 30 heavy (non-hydrogen) atoms. The lowest BCUT2D eigenvalue weighted by Gasteiger charge is -2.14. The molecule has 8 nitrogen and oxygen atoms in total. The summed E-state index contributed by atoms with van der Waals surface area (Å²) in [5, 5.41) is 3.59. The monoisotopic (exact) mass is 412 g/mol. The van der Waals surface area contributed by atoms with Gasteiger partial charge >= 0.3 is 5.97 Å². The second-order valence-corrected chi connectivity index (χ2v) is 6.76. The van der Waals surface area contributed by atoms with Crippen molar-refractivity contribution in [3.05, 3.63) is 47.2 Å². The van der Waals surface area contributed by atoms with Crippen LogP contribution in [0, 0.1) is 13.8 Å². The molecule has 0 saturated heterocycles. The zero-order valence-corrected chi connectivity index (χ0v) is 17.5. The molecular formula is C22H24N2O6. The largest absolute Gasteiger partial charge is 0.493 e. The number of aromatic amines is 1. The lowest BCUT2D eigenvalue weighted by atomic mass is 10.1. The number of anilines is 1. The standard InChI is InChI=1S/C22H24N2O6/c1-12-6-13(2)15-10-17(24-16(15)7-12)22(26)30-11-20(25)23-14-8-18(27-3)21(29-5)19(9-14)28-4/h6-10,24H,11H2,1-5H3,(H,23,25). The summed E-state index contributed by atoms with van der Waals surface area (Å²) >= 11 is 0. The lowest BCUT2D eigenvalue weighted by molar-refractivity contribution is -0.119. The van der Waals surface area contributed by atoms with Crippen molar-refractivity contribution in [3.63, 3.8) is 0 Å². The fraction of sp³-hybridized carbons (Fsp3) is 0.273. The van der Waals surface area contributed by atoms with Crippen LogP contribution in [0.25, 0.3) is 10.9 Å². The Morgan fingerprint density at radius 1 is 0.933 bits per heavy atom. The fourth-order valence-electron chi connectivity index (χ4n) is 3.27. The summed E-state index contributed by atoms with van der Waals surface area (Å²) in [6.07, 6.45) is 0. The first kappa shape index (κ1) is 21.0. The molecule has 1 aromatic heterocycles. The number of hydrogen-bond donors (Lipinski definition) is 2. The minimum Gasteiger partial charge on any atom is -0.493 e. The maximum absolute atomic E-state index is 12.4. The fourth-order valence-corrected chi connectivity index (χ4v) is 3.27. The first-order valence-corrected chi connectivity index (χ1v) is 9.23. The molecule has 0 spiro atoms. The van der Waals surface area contributed by atoms with Crippen LogP contribution in [-0.2, 0) is 9.53 Å². The van der Waals surface area contributed by atoms with E-state index in [0.717, 1.165) is 22.0 Å². The number of methoxy groups -OCH3 is 3. The summed E-state index contributed by atoms with van der Waals surface area (Å²) in [5.74, 6) is 0.0959. The first-order chi connectivity index (χ1) is 14.4. The SMILES string of the molecule is COc1cc(NC(=O)COC(=O)c2cc3c(C)cc(C)cc3[nH]2)cc(OC)c1OC. The molecule has 1 amide bonds. The number of amides is 1. The van der Waals surface area contributed by atoms with Crippen LogP contribution in [0.2, 0.25) is 0 Å². The topological polar surface area (TPSA) is 98.9 Å². The van der Waals surface area contributed by atoms with Crippen molar-refractivity contribution in [1.82, 2.24) is 4.98 Å². The average molecular weight is 412 g/mol. The van der Waals surface area contributed by atoms with E-state index < -0.39 is 18.5 Å². The van der Waals surface area contributed by atoms with Gasteiger partial charge in [0.15, 0.2) is 18.1 Å². The van der Waals surface area contributed by atoms with E-state index in [0.29, 0.717) is 28.6 Å². The summed E-state index contributed by atoms with van der Waals surface area (Å²) in [6.45, 7) is 3.52. The van der Waals surface area contributed by atoms with Gasteiger partial charge in [-0.25, -0.2) is 4.79 Å². The smallest absolute Gasteiger partial charge is 0.355 e. The Hall–Kier alpha value is -3.68. The predicted molar refractivity (Wildman–Crippen MR) is 113 cm³/mol. The second-order valence-electron chi connectivity index (χ2n) is 6.76. The van der Waals surface area contributed by atoms with E-state index in [2.05, 4.69) is 10.3 Å². The van der Waals surface area contributed by atoms with Gasteiger partial charge in [0.25, 0.3) is 5.91 Å². The molecule has 0 aliphatic carbocycles. The van der Waals surface area contributed by atoms with Crippen molar-refractivity contribution in [2.24, 2.45) is 0 Å². The highest BCUT2D eigenvalue weighted by molar-refractivity contribution is 5.98. The zero-order valence-electron chi connectivity index (χ0n) is 17.5. The van der Waals surface area contributed by atoms with Gasteiger partial charge in [0.2, 0.25) is 5.75 Å². The number of carbonyl (C=O) groups excluding carboxylic acids is 2. The van der Waals surface area contributed by atoms with E-state index in [1.807, 2.05) is 26.0 Å². The maximum atomic E-state index is 12.4. The van der Waals surface area contributed by atoms with Crippen LogP contribution in [0.5, 0.6) is 17.2 Å². The number of ether oxygens (including phenoxy) is 4. The molecule has 0 aliphatic rings. The van der Waals surface area contributed by atoms with E-state index in [4.69, 9.17) is 18.9 Å². The van der Waals surface area contributed by atoms with Crippen LogP contribution in [-0.4, -0.2) is 44.8 Å². The van der Waals surface area contributed by atoms with Crippen molar-refractivity contribution >= 4 is 28.5 Å². The number of hydrogen-bond acceptors (Lipinski definition) is 6. The summed E-state index contributed by atoms with van der Waals surface area (Å²) in [5.41, 5.74) is 3.70. The molecule has 0 bridgehead atoms. The van der Waals surface area contributed by atoms with E-state index in [-0.39, 0.29) is 0 Å². The third kappa shape index (κ3) is 4.32. The molecule has 0 unspecified atom stereocenters. The Kier molecular flexibility index (Phi) is 6.15. The van der Waals surface area contributed by atoms with Crippen molar-refractivity contribution < 1.29 is 28.5 Å². The van der Waals surface area contributed by atoms with Crippen molar-refractivity contribution in [2.45, 2.75) is 13.8 Å². The third-order valence-electron chi connectivity index (χ3n) is 4.59. The van der Waals surface area contributed by atoms with Crippen LogP contribution < -0.4 is 19.5 Å². The number of aromatic nitrogens is 1. The number of nitrogens with one attached hydrogen (secondary N) is 2. The molecule has 0 aliphatic heterocycles. The minimum atomic E-state index is -0.608. The summed E-state index contributed by atoms with van der Waals surface area (Å²) in [4.78, 5) is 27.7. The zero-order chi connectivity index (χ0) is 21.8. The quantitative estimate of drug-likeness (QED) is 0.575. The predicted octanol–water partition coefficient (Wildman–Crippen LogP) is 3.61. The Morgan fingerprint density at radius 2 is 1.60 bits per heavy atom. The first-order valence-electron chi connectivity index (χ1n) is 9.23. The molecule has 0 saturated carbocycles. The number of fused-ring (bicyclic) bond motifs is 1. The molecule has 2 N–H and O–H groups in total. The highest BCUT2D eigenvalue weighted by Crippen LogP contribution is 2.39. The average Bonchev–Trinajstić information content (AvgIpc) is 3.15. The number of aryl methyl sites for hydroxylation is 2. The highest BCUT2D eigenvalue weighted by Gasteiger charge is 2.17. The van der Waals surface area contributed by atoms with E-state index >= 15 is 0 Å². The third-order valence-corrected chi connectivity index (χ3v) is 4.59. The van der Waals surface area contributed by atoms with Gasteiger partial charge in [0.05, 0.1) is 21.3 Å². The second kappa shape index (κ2) is 8.77. The van der Waals surface area contributed by atoms with Gasteiger partial charge in [0.1, 0.15) is 5.69 Å². The molecule has 0 radical (unpaired) electrons. The van der Waals surface area contributed by atoms with Gasteiger partial charge in [-0.15, -0.1) is 0 Å². The normalized spacial score (nSPS) is 10.6.